The number of rotatable bonds is 8. The maximum Gasteiger partial charge on any atom is 0.260 e. The summed E-state index contributed by atoms with van der Waals surface area (Å²) in [4.78, 5) is 11.8. The molecule has 1 aromatic carbocycles. The van der Waals surface area contributed by atoms with E-state index in [-0.39, 0.29) is 12.0 Å². The first-order valence-corrected chi connectivity index (χ1v) is 7.18. The van der Waals surface area contributed by atoms with Crippen LogP contribution in [-0.4, -0.2) is 31.3 Å². The van der Waals surface area contributed by atoms with Crippen LogP contribution in [0.5, 0.6) is 5.75 Å². The highest BCUT2D eigenvalue weighted by Gasteiger charge is 2.13. The van der Waals surface area contributed by atoms with Crippen LogP contribution in [0.4, 0.5) is 0 Å². The van der Waals surface area contributed by atoms with Crippen LogP contribution in [0.15, 0.2) is 24.3 Å². The summed E-state index contributed by atoms with van der Waals surface area (Å²) in [5, 5.41) is 3.46. The molecule has 20 heavy (non-hydrogen) atoms. The molecule has 0 aliphatic rings. The summed E-state index contributed by atoms with van der Waals surface area (Å²) in [6.07, 6.45) is 0.470. The Labute approximate surface area is 125 Å². The average Bonchev–Trinajstić information content (AvgIpc) is 2.40. The minimum absolute atomic E-state index is 0.135. The van der Waals surface area contributed by atoms with Gasteiger partial charge in [-0.25, -0.2) is 0 Å². The predicted octanol–water partition coefficient (Wildman–Crippen LogP) is 3.04. The lowest BCUT2D eigenvalue weighted by atomic mass is 10.3. The second-order valence-corrected chi connectivity index (χ2v) is 5.21. The maximum atomic E-state index is 11.8. The van der Waals surface area contributed by atoms with Crippen molar-refractivity contribution in [3.63, 3.8) is 0 Å². The Morgan fingerprint density at radius 1 is 1.25 bits per heavy atom. The molecule has 1 atom stereocenters. The molecule has 0 aliphatic heterocycles. The van der Waals surface area contributed by atoms with Crippen LogP contribution < -0.4 is 10.1 Å². The summed E-state index contributed by atoms with van der Waals surface area (Å²) in [6, 6.07) is 6.93. The second kappa shape index (κ2) is 8.82. The fourth-order valence-electron chi connectivity index (χ4n) is 1.52. The van der Waals surface area contributed by atoms with Crippen LogP contribution in [0.1, 0.15) is 27.2 Å². The van der Waals surface area contributed by atoms with Gasteiger partial charge >= 0.3 is 0 Å². The topological polar surface area (TPSA) is 47.6 Å². The molecule has 0 fully saturated rings. The first kappa shape index (κ1) is 16.8. The Bertz CT molecular complexity index is 406. The summed E-state index contributed by atoms with van der Waals surface area (Å²) < 4.78 is 10.9. The molecule has 0 heterocycles. The number of hydrogen-bond donors (Lipinski definition) is 1. The van der Waals surface area contributed by atoms with Gasteiger partial charge in [-0.2, -0.15) is 0 Å². The van der Waals surface area contributed by atoms with E-state index in [2.05, 4.69) is 5.32 Å². The molecule has 0 bridgehead atoms. The van der Waals surface area contributed by atoms with Crippen molar-refractivity contribution in [3.05, 3.63) is 29.3 Å². The van der Waals surface area contributed by atoms with Crippen LogP contribution in [0, 0.1) is 0 Å². The maximum absolute atomic E-state index is 11.8. The molecular formula is C15H22ClNO3. The van der Waals surface area contributed by atoms with Gasteiger partial charge in [-0.3, -0.25) is 4.79 Å². The van der Waals surface area contributed by atoms with Crippen LogP contribution in [0.25, 0.3) is 0 Å². The summed E-state index contributed by atoms with van der Waals surface area (Å²) in [7, 11) is 0. The standard InChI is InChI=1S/C15H22ClNO3/c1-11(2)19-10-4-9-17-15(18)12(3)20-14-7-5-13(16)6-8-14/h5-8,11-12H,4,9-10H2,1-3H3,(H,17,18)/t12-/m0/s1. The minimum Gasteiger partial charge on any atom is -0.481 e. The fourth-order valence-corrected chi connectivity index (χ4v) is 1.64. The number of amides is 1. The molecule has 0 aliphatic carbocycles. The molecule has 1 N–H and O–H groups in total. The Kier molecular flexibility index (Phi) is 7.41. The van der Waals surface area contributed by atoms with Gasteiger partial charge in [0, 0.05) is 18.2 Å². The van der Waals surface area contributed by atoms with Crippen molar-refractivity contribution >= 4 is 17.5 Å². The summed E-state index contributed by atoms with van der Waals surface area (Å²) >= 11 is 5.78. The van der Waals surface area contributed by atoms with E-state index in [1.54, 1.807) is 31.2 Å². The molecule has 4 nitrogen and oxygen atoms in total. The highest BCUT2D eigenvalue weighted by atomic mass is 35.5. The number of carbonyl (C=O) groups excluding carboxylic acids is 1. The third-order valence-electron chi connectivity index (χ3n) is 2.57. The van der Waals surface area contributed by atoms with E-state index >= 15 is 0 Å². The lowest BCUT2D eigenvalue weighted by Crippen LogP contribution is -2.37. The Morgan fingerprint density at radius 2 is 1.90 bits per heavy atom. The molecule has 0 unspecified atom stereocenters. The van der Waals surface area contributed by atoms with Gasteiger partial charge in [-0.1, -0.05) is 11.6 Å². The predicted molar refractivity (Wildman–Crippen MR) is 80.3 cm³/mol. The van der Waals surface area contributed by atoms with E-state index < -0.39 is 6.10 Å². The van der Waals surface area contributed by atoms with Crippen molar-refractivity contribution in [2.24, 2.45) is 0 Å². The number of carbonyl (C=O) groups is 1. The number of benzene rings is 1. The number of nitrogens with one attached hydrogen (secondary N) is 1. The Hall–Kier alpha value is -1.26. The normalized spacial score (nSPS) is 12.2. The molecular weight excluding hydrogens is 278 g/mol. The van der Waals surface area contributed by atoms with Crippen molar-refractivity contribution in [2.75, 3.05) is 13.2 Å². The van der Waals surface area contributed by atoms with E-state index in [1.165, 1.54) is 0 Å². The number of hydrogen-bond acceptors (Lipinski definition) is 3. The van der Waals surface area contributed by atoms with Crippen molar-refractivity contribution in [1.82, 2.24) is 5.32 Å². The highest BCUT2D eigenvalue weighted by Crippen LogP contribution is 2.16. The van der Waals surface area contributed by atoms with E-state index in [1.807, 2.05) is 13.8 Å². The van der Waals surface area contributed by atoms with Crippen molar-refractivity contribution in [2.45, 2.75) is 39.4 Å². The lowest BCUT2D eigenvalue weighted by molar-refractivity contribution is -0.127. The first-order chi connectivity index (χ1) is 9.49. The summed E-state index contributed by atoms with van der Waals surface area (Å²) in [6.45, 7) is 6.92. The van der Waals surface area contributed by atoms with Crippen molar-refractivity contribution in [3.8, 4) is 5.75 Å². The van der Waals surface area contributed by atoms with Gasteiger partial charge in [-0.15, -0.1) is 0 Å². The van der Waals surface area contributed by atoms with E-state index in [4.69, 9.17) is 21.1 Å². The SMILES string of the molecule is CC(C)OCCCNC(=O)[C@H](C)Oc1ccc(Cl)cc1. The third-order valence-corrected chi connectivity index (χ3v) is 2.82. The molecule has 0 spiro atoms. The first-order valence-electron chi connectivity index (χ1n) is 6.80. The van der Waals surface area contributed by atoms with Gasteiger partial charge in [0.1, 0.15) is 5.75 Å². The number of ether oxygens (including phenoxy) is 2. The smallest absolute Gasteiger partial charge is 0.260 e. The molecule has 0 aromatic heterocycles. The second-order valence-electron chi connectivity index (χ2n) is 4.78. The molecule has 0 radical (unpaired) electrons. The summed E-state index contributed by atoms with van der Waals surface area (Å²) in [5.41, 5.74) is 0. The monoisotopic (exact) mass is 299 g/mol. The van der Waals surface area contributed by atoms with Gasteiger partial charge < -0.3 is 14.8 Å². The largest absolute Gasteiger partial charge is 0.481 e. The van der Waals surface area contributed by atoms with Gasteiger partial charge in [0.15, 0.2) is 6.10 Å². The van der Waals surface area contributed by atoms with Crippen molar-refractivity contribution in [1.29, 1.82) is 0 Å². The molecule has 0 saturated carbocycles. The van der Waals surface area contributed by atoms with E-state index in [0.29, 0.717) is 23.9 Å². The van der Waals surface area contributed by atoms with Gasteiger partial charge in [0.25, 0.3) is 5.91 Å². The lowest BCUT2D eigenvalue weighted by Gasteiger charge is -2.15. The van der Waals surface area contributed by atoms with Crippen LogP contribution >= 0.6 is 11.6 Å². The van der Waals surface area contributed by atoms with Crippen LogP contribution in [-0.2, 0) is 9.53 Å². The molecule has 1 amide bonds. The third kappa shape index (κ3) is 6.78. The molecule has 0 saturated heterocycles. The fraction of sp³-hybridized carbons (Fsp3) is 0.533. The zero-order chi connectivity index (χ0) is 15.0. The molecule has 5 heteroatoms. The Morgan fingerprint density at radius 3 is 2.50 bits per heavy atom. The molecule has 1 rings (SSSR count). The van der Waals surface area contributed by atoms with Crippen molar-refractivity contribution < 1.29 is 14.3 Å². The van der Waals surface area contributed by atoms with E-state index in [9.17, 15) is 4.79 Å². The zero-order valence-electron chi connectivity index (χ0n) is 12.2. The van der Waals surface area contributed by atoms with Crippen LogP contribution in [0.3, 0.4) is 0 Å². The number of halogens is 1. The van der Waals surface area contributed by atoms with E-state index in [0.717, 1.165) is 6.42 Å². The highest BCUT2D eigenvalue weighted by molar-refractivity contribution is 6.30. The van der Waals surface area contributed by atoms with Gasteiger partial charge in [0.05, 0.1) is 6.10 Å². The van der Waals surface area contributed by atoms with Crippen LogP contribution in [0.2, 0.25) is 5.02 Å². The van der Waals surface area contributed by atoms with Gasteiger partial charge in [0.2, 0.25) is 0 Å². The average molecular weight is 300 g/mol. The quantitative estimate of drug-likeness (QED) is 0.751. The Balaban J connectivity index is 2.23. The molecule has 1 aromatic rings. The summed E-state index contributed by atoms with van der Waals surface area (Å²) in [5.74, 6) is 0.490. The molecule has 112 valence electrons. The van der Waals surface area contributed by atoms with Gasteiger partial charge in [-0.05, 0) is 51.5 Å². The zero-order valence-corrected chi connectivity index (χ0v) is 12.9. The minimum atomic E-state index is -0.540.